The molecule has 6 heteroatoms. The Balaban J connectivity index is 2.02. The highest BCUT2D eigenvalue weighted by molar-refractivity contribution is 6.31. The normalized spacial score (nSPS) is 13.2. The number of benzene rings is 2. The Morgan fingerprint density at radius 2 is 2.10 bits per heavy atom. The van der Waals surface area contributed by atoms with Crippen molar-refractivity contribution < 1.29 is 9.18 Å². The quantitative estimate of drug-likeness (QED) is 0.662. The molecule has 2 aromatic rings. The van der Waals surface area contributed by atoms with E-state index >= 15 is 0 Å². The number of hydrogen-bond donors (Lipinski definition) is 2. The Bertz CT molecular complexity index is 720. The van der Waals surface area contributed by atoms with Crippen molar-refractivity contribution in [2.24, 2.45) is 5.84 Å². The number of carbonyl (C=O) groups is 1. The predicted molar refractivity (Wildman–Crippen MR) is 81.0 cm³/mol. The second-order valence-electron chi connectivity index (χ2n) is 4.81. The van der Waals surface area contributed by atoms with Crippen molar-refractivity contribution in [1.29, 1.82) is 0 Å². The maximum atomic E-state index is 13.4. The molecule has 3 N–H and O–H groups in total. The minimum atomic E-state index is -0.364. The molecule has 1 heterocycles. The third-order valence-corrected chi connectivity index (χ3v) is 3.79. The molecule has 1 aliphatic rings. The van der Waals surface area contributed by atoms with Crippen LogP contribution in [0, 0.1) is 5.82 Å². The van der Waals surface area contributed by atoms with Crippen LogP contribution in [0.15, 0.2) is 36.4 Å². The van der Waals surface area contributed by atoms with E-state index < -0.39 is 0 Å². The number of nitrogens with two attached hydrogens (primary N) is 1. The topological polar surface area (TPSA) is 58.4 Å². The SMILES string of the molecule is NNc1ccc(Cl)cc1C(=O)N1CCc2ccc(F)cc21. The smallest absolute Gasteiger partial charge is 0.260 e. The fraction of sp³-hybridized carbons (Fsp3) is 0.133. The van der Waals surface area contributed by atoms with Crippen LogP contribution in [0.1, 0.15) is 15.9 Å². The lowest BCUT2D eigenvalue weighted by atomic mass is 10.1. The molecular formula is C15H13ClFN3O. The van der Waals surface area contributed by atoms with Crippen molar-refractivity contribution in [3.8, 4) is 0 Å². The van der Waals surface area contributed by atoms with Gasteiger partial charge in [0.1, 0.15) is 5.82 Å². The molecule has 0 radical (unpaired) electrons. The number of amides is 1. The van der Waals surface area contributed by atoms with E-state index in [0.717, 1.165) is 5.56 Å². The highest BCUT2D eigenvalue weighted by atomic mass is 35.5. The monoisotopic (exact) mass is 305 g/mol. The number of hydrogen-bond acceptors (Lipinski definition) is 3. The Morgan fingerprint density at radius 1 is 1.29 bits per heavy atom. The molecule has 0 saturated heterocycles. The van der Waals surface area contributed by atoms with Crippen molar-refractivity contribution in [3.05, 3.63) is 58.4 Å². The van der Waals surface area contributed by atoms with Crippen molar-refractivity contribution in [3.63, 3.8) is 0 Å². The van der Waals surface area contributed by atoms with Gasteiger partial charge in [-0.25, -0.2) is 4.39 Å². The zero-order valence-electron chi connectivity index (χ0n) is 11.1. The van der Waals surface area contributed by atoms with Crippen LogP contribution in [0.5, 0.6) is 0 Å². The molecule has 0 aliphatic carbocycles. The fourth-order valence-electron chi connectivity index (χ4n) is 2.53. The highest BCUT2D eigenvalue weighted by Crippen LogP contribution is 2.31. The van der Waals surface area contributed by atoms with Gasteiger partial charge in [-0.2, -0.15) is 0 Å². The van der Waals surface area contributed by atoms with E-state index in [-0.39, 0.29) is 11.7 Å². The lowest BCUT2D eigenvalue weighted by molar-refractivity contribution is 0.0990. The van der Waals surface area contributed by atoms with Crippen LogP contribution < -0.4 is 16.2 Å². The molecule has 0 saturated carbocycles. The number of fused-ring (bicyclic) bond motifs is 1. The van der Waals surface area contributed by atoms with E-state index in [9.17, 15) is 9.18 Å². The Hall–Kier alpha value is -2.11. The molecule has 4 nitrogen and oxygen atoms in total. The molecule has 0 unspecified atom stereocenters. The second kappa shape index (κ2) is 5.35. The largest absolute Gasteiger partial charge is 0.323 e. The second-order valence-corrected chi connectivity index (χ2v) is 5.25. The Kier molecular flexibility index (Phi) is 3.53. The summed E-state index contributed by atoms with van der Waals surface area (Å²) in [4.78, 5) is 14.2. The van der Waals surface area contributed by atoms with Crippen LogP contribution in [-0.4, -0.2) is 12.5 Å². The van der Waals surface area contributed by atoms with Gasteiger partial charge >= 0.3 is 0 Å². The van der Waals surface area contributed by atoms with Crippen LogP contribution in [0.25, 0.3) is 0 Å². The van der Waals surface area contributed by atoms with Crippen LogP contribution in [0.4, 0.5) is 15.8 Å². The number of rotatable bonds is 2. The lowest BCUT2D eigenvalue weighted by Gasteiger charge is -2.19. The molecule has 1 aliphatic heterocycles. The van der Waals surface area contributed by atoms with Gasteiger partial charge in [0.05, 0.1) is 16.9 Å². The third-order valence-electron chi connectivity index (χ3n) is 3.56. The lowest BCUT2D eigenvalue weighted by Crippen LogP contribution is -2.30. The van der Waals surface area contributed by atoms with E-state index in [4.69, 9.17) is 17.4 Å². The summed E-state index contributed by atoms with van der Waals surface area (Å²) in [5, 5.41) is 0.441. The predicted octanol–water partition coefficient (Wildman–Crippen LogP) is 2.97. The van der Waals surface area contributed by atoms with Crippen molar-refractivity contribution in [2.45, 2.75) is 6.42 Å². The fourth-order valence-corrected chi connectivity index (χ4v) is 2.70. The standard InChI is InChI=1S/C15H13ClFN3O/c16-10-2-4-13(19-18)12(7-10)15(21)20-6-5-9-1-3-11(17)8-14(9)20/h1-4,7-8,19H,5-6,18H2. The molecular weight excluding hydrogens is 293 g/mol. The minimum absolute atomic E-state index is 0.255. The van der Waals surface area contributed by atoms with Crippen molar-refractivity contribution >= 4 is 28.9 Å². The number of halogens is 2. The van der Waals surface area contributed by atoms with E-state index in [1.807, 2.05) is 0 Å². The molecule has 0 atom stereocenters. The molecule has 1 amide bonds. The van der Waals surface area contributed by atoms with Gasteiger partial charge in [-0.3, -0.25) is 10.6 Å². The molecule has 2 aromatic carbocycles. The summed E-state index contributed by atoms with van der Waals surface area (Å²) in [6.45, 7) is 0.508. The minimum Gasteiger partial charge on any atom is -0.323 e. The van der Waals surface area contributed by atoms with Gasteiger partial charge in [-0.1, -0.05) is 17.7 Å². The van der Waals surface area contributed by atoms with E-state index in [0.29, 0.717) is 34.9 Å². The number of nitrogens with one attached hydrogen (secondary N) is 1. The van der Waals surface area contributed by atoms with Crippen LogP contribution in [0.2, 0.25) is 5.02 Å². The Morgan fingerprint density at radius 3 is 2.86 bits per heavy atom. The summed E-state index contributed by atoms with van der Waals surface area (Å²) in [5.74, 6) is 4.81. The maximum absolute atomic E-state index is 13.4. The van der Waals surface area contributed by atoms with Gasteiger partial charge in [0.15, 0.2) is 0 Å². The zero-order valence-corrected chi connectivity index (χ0v) is 11.8. The highest BCUT2D eigenvalue weighted by Gasteiger charge is 2.27. The van der Waals surface area contributed by atoms with Gasteiger partial charge in [-0.15, -0.1) is 0 Å². The third kappa shape index (κ3) is 2.46. The summed E-state index contributed by atoms with van der Waals surface area (Å²) >= 11 is 5.95. The maximum Gasteiger partial charge on any atom is 0.260 e. The van der Waals surface area contributed by atoms with Gasteiger partial charge in [-0.05, 0) is 42.3 Å². The number of carbonyl (C=O) groups excluding carboxylic acids is 1. The first kappa shape index (κ1) is 13.9. The first-order valence-corrected chi connectivity index (χ1v) is 6.84. The van der Waals surface area contributed by atoms with Gasteiger partial charge in [0.2, 0.25) is 0 Å². The summed E-state index contributed by atoms with van der Waals surface area (Å²) in [6.07, 6.45) is 0.702. The molecule has 0 bridgehead atoms. The molecule has 108 valence electrons. The summed E-state index contributed by atoms with van der Waals surface area (Å²) in [6, 6.07) is 9.32. The first-order valence-electron chi connectivity index (χ1n) is 6.46. The van der Waals surface area contributed by atoms with Crippen molar-refractivity contribution in [2.75, 3.05) is 16.9 Å². The molecule has 0 fully saturated rings. The number of anilines is 2. The summed E-state index contributed by atoms with van der Waals surface area (Å²) < 4.78 is 13.4. The van der Waals surface area contributed by atoms with Gasteiger partial charge in [0, 0.05) is 11.6 Å². The average molecular weight is 306 g/mol. The number of nitrogens with zero attached hydrogens (tertiary/aromatic N) is 1. The van der Waals surface area contributed by atoms with E-state index in [2.05, 4.69) is 5.43 Å². The number of nitrogen functional groups attached to an aromatic ring is 1. The van der Waals surface area contributed by atoms with Crippen molar-refractivity contribution in [1.82, 2.24) is 0 Å². The first-order chi connectivity index (χ1) is 10.1. The molecule has 0 aromatic heterocycles. The van der Waals surface area contributed by atoms with E-state index in [1.54, 1.807) is 29.2 Å². The van der Waals surface area contributed by atoms with Gasteiger partial charge < -0.3 is 10.3 Å². The van der Waals surface area contributed by atoms with Crippen LogP contribution in [0.3, 0.4) is 0 Å². The summed E-state index contributed by atoms with van der Waals surface area (Å²) in [5.41, 5.74) is 4.88. The molecule has 21 heavy (non-hydrogen) atoms. The van der Waals surface area contributed by atoms with Crippen LogP contribution in [-0.2, 0) is 6.42 Å². The van der Waals surface area contributed by atoms with E-state index in [1.165, 1.54) is 12.1 Å². The molecule has 3 rings (SSSR count). The van der Waals surface area contributed by atoms with Crippen LogP contribution >= 0.6 is 11.6 Å². The number of hydrazine groups is 1. The van der Waals surface area contributed by atoms with Gasteiger partial charge in [0.25, 0.3) is 5.91 Å². The average Bonchev–Trinajstić information content (AvgIpc) is 2.89. The summed E-state index contributed by atoms with van der Waals surface area (Å²) in [7, 11) is 0. The zero-order chi connectivity index (χ0) is 15.0. The molecule has 0 spiro atoms. The Labute approximate surface area is 126 Å².